The molecule has 2 rings (SSSR count). The lowest BCUT2D eigenvalue weighted by Gasteiger charge is -2.08. The van der Waals surface area contributed by atoms with Gasteiger partial charge in [0.15, 0.2) is 0 Å². The number of hydrogen-bond acceptors (Lipinski definition) is 3. The van der Waals surface area contributed by atoms with Crippen molar-refractivity contribution >= 4 is 11.6 Å². The molecule has 4 nitrogen and oxygen atoms in total. The average Bonchev–Trinajstić information content (AvgIpc) is 2.91. The predicted molar refractivity (Wildman–Crippen MR) is 85.1 cm³/mol. The number of halogens is 1. The van der Waals surface area contributed by atoms with Crippen LogP contribution in [0.1, 0.15) is 44.7 Å². The Balaban J connectivity index is 2.11. The van der Waals surface area contributed by atoms with Crippen LogP contribution in [0.5, 0.6) is 0 Å². The first-order valence-corrected chi connectivity index (χ1v) is 7.93. The van der Waals surface area contributed by atoms with E-state index in [1.807, 2.05) is 28.9 Å². The van der Waals surface area contributed by atoms with Gasteiger partial charge in [-0.05, 0) is 18.6 Å². The summed E-state index contributed by atoms with van der Waals surface area (Å²) in [7, 11) is 0. The Morgan fingerprint density at radius 2 is 1.81 bits per heavy atom. The zero-order valence-electron chi connectivity index (χ0n) is 12.4. The third-order valence-electron chi connectivity index (χ3n) is 3.55. The summed E-state index contributed by atoms with van der Waals surface area (Å²) in [5, 5.41) is 18.4. The Labute approximate surface area is 130 Å². The molecule has 0 amide bonds. The molecule has 0 fully saturated rings. The van der Waals surface area contributed by atoms with E-state index < -0.39 is 0 Å². The van der Waals surface area contributed by atoms with Crippen LogP contribution in [0.15, 0.2) is 24.3 Å². The Kier molecular flexibility index (Phi) is 6.21. The zero-order valence-corrected chi connectivity index (χ0v) is 13.2. The first-order chi connectivity index (χ1) is 10.3. The van der Waals surface area contributed by atoms with Crippen molar-refractivity contribution in [2.24, 2.45) is 0 Å². The maximum absolute atomic E-state index is 9.45. The molecule has 0 aliphatic heterocycles. The molecule has 21 heavy (non-hydrogen) atoms. The highest BCUT2D eigenvalue weighted by atomic mass is 35.5. The minimum atomic E-state index is -0.103. The van der Waals surface area contributed by atoms with Crippen molar-refractivity contribution in [3.8, 4) is 11.3 Å². The number of aromatic nitrogens is 3. The van der Waals surface area contributed by atoms with Gasteiger partial charge in [-0.2, -0.15) is 0 Å². The molecule has 0 bridgehead atoms. The van der Waals surface area contributed by atoms with Crippen LogP contribution in [0.4, 0.5) is 0 Å². The quantitative estimate of drug-likeness (QED) is 0.748. The molecule has 5 heteroatoms. The lowest BCUT2D eigenvalue weighted by Crippen LogP contribution is -2.03. The minimum absolute atomic E-state index is 0.103. The number of aliphatic hydroxyl groups is 1. The van der Waals surface area contributed by atoms with E-state index >= 15 is 0 Å². The van der Waals surface area contributed by atoms with E-state index in [-0.39, 0.29) is 6.61 Å². The smallest absolute Gasteiger partial charge is 0.116 e. The molecule has 0 unspecified atom stereocenters. The van der Waals surface area contributed by atoms with Gasteiger partial charge in [-0.25, -0.2) is 4.68 Å². The molecule has 0 radical (unpaired) electrons. The summed E-state index contributed by atoms with van der Waals surface area (Å²) in [5.41, 5.74) is 2.50. The number of hydrogen-bond donors (Lipinski definition) is 1. The third kappa shape index (κ3) is 4.29. The molecule has 0 spiro atoms. The topological polar surface area (TPSA) is 50.9 Å². The van der Waals surface area contributed by atoms with E-state index in [9.17, 15) is 5.11 Å². The summed E-state index contributed by atoms with van der Waals surface area (Å²) in [5.74, 6) is 0. The van der Waals surface area contributed by atoms with Crippen molar-refractivity contribution in [3.63, 3.8) is 0 Å². The molecule has 1 aromatic heterocycles. The largest absolute Gasteiger partial charge is 0.390 e. The summed E-state index contributed by atoms with van der Waals surface area (Å²) < 4.78 is 1.89. The monoisotopic (exact) mass is 307 g/mol. The standard InChI is InChI=1S/C16H22ClN3O/c1-2-3-4-5-6-11-20-16(15(12-21)18-19-20)13-7-9-14(17)10-8-13/h7-10,21H,2-6,11-12H2,1H3. The first kappa shape index (κ1) is 16.0. The highest BCUT2D eigenvalue weighted by Gasteiger charge is 2.13. The van der Waals surface area contributed by atoms with Crippen LogP contribution in [-0.4, -0.2) is 20.1 Å². The second-order valence-electron chi connectivity index (χ2n) is 5.19. The summed E-state index contributed by atoms with van der Waals surface area (Å²) in [4.78, 5) is 0. The van der Waals surface area contributed by atoms with Crippen LogP contribution in [0, 0.1) is 0 Å². The molecule has 0 saturated heterocycles. The molecular weight excluding hydrogens is 286 g/mol. The average molecular weight is 308 g/mol. The van der Waals surface area contributed by atoms with Crippen molar-refractivity contribution in [2.75, 3.05) is 0 Å². The van der Waals surface area contributed by atoms with Crippen molar-refractivity contribution < 1.29 is 5.11 Å². The van der Waals surface area contributed by atoms with Crippen LogP contribution in [0.2, 0.25) is 5.02 Å². The van der Waals surface area contributed by atoms with Crippen molar-refractivity contribution in [3.05, 3.63) is 35.0 Å². The second-order valence-corrected chi connectivity index (χ2v) is 5.62. The fourth-order valence-electron chi connectivity index (χ4n) is 2.40. The van der Waals surface area contributed by atoms with E-state index in [2.05, 4.69) is 17.2 Å². The summed E-state index contributed by atoms with van der Waals surface area (Å²) >= 11 is 5.93. The molecule has 0 aliphatic carbocycles. The van der Waals surface area contributed by atoms with Gasteiger partial charge >= 0.3 is 0 Å². The highest BCUT2D eigenvalue weighted by molar-refractivity contribution is 6.30. The van der Waals surface area contributed by atoms with Crippen molar-refractivity contribution in [1.29, 1.82) is 0 Å². The predicted octanol–water partition coefficient (Wildman–Crippen LogP) is 4.06. The number of benzene rings is 1. The molecule has 0 saturated carbocycles. The first-order valence-electron chi connectivity index (χ1n) is 7.55. The van der Waals surface area contributed by atoms with Crippen LogP contribution >= 0.6 is 11.6 Å². The van der Waals surface area contributed by atoms with Crippen LogP contribution in [-0.2, 0) is 13.2 Å². The van der Waals surface area contributed by atoms with E-state index in [1.165, 1.54) is 25.7 Å². The van der Waals surface area contributed by atoms with Crippen LogP contribution in [0.3, 0.4) is 0 Å². The molecule has 1 aromatic carbocycles. The van der Waals surface area contributed by atoms with Gasteiger partial charge in [0.25, 0.3) is 0 Å². The van der Waals surface area contributed by atoms with Crippen molar-refractivity contribution in [2.45, 2.75) is 52.2 Å². The Morgan fingerprint density at radius 1 is 1.10 bits per heavy atom. The van der Waals surface area contributed by atoms with Gasteiger partial charge in [0.1, 0.15) is 5.69 Å². The van der Waals surface area contributed by atoms with E-state index in [4.69, 9.17) is 11.6 Å². The lowest BCUT2D eigenvalue weighted by molar-refractivity contribution is 0.277. The highest BCUT2D eigenvalue weighted by Crippen LogP contribution is 2.24. The summed E-state index contributed by atoms with van der Waals surface area (Å²) in [6, 6.07) is 7.56. The molecule has 2 aromatic rings. The number of rotatable bonds is 8. The molecule has 114 valence electrons. The van der Waals surface area contributed by atoms with Crippen LogP contribution < -0.4 is 0 Å². The van der Waals surface area contributed by atoms with Gasteiger partial charge in [-0.1, -0.05) is 61.6 Å². The molecule has 0 aliphatic rings. The second kappa shape index (κ2) is 8.15. The molecule has 1 heterocycles. The van der Waals surface area contributed by atoms with Gasteiger partial charge < -0.3 is 5.11 Å². The number of aliphatic hydroxyl groups excluding tert-OH is 1. The Bertz CT molecular complexity index is 551. The van der Waals surface area contributed by atoms with Crippen LogP contribution in [0.25, 0.3) is 11.3 Å². The fourth-order valence-corrected chi connectivity index (χ4v) is 2.53. The number of aryl methyl sites for hydroxylation is 1. The van der Waals surface area contributed by atoms with Gasteiger partial charge in [-0.3, -0.25) is 0 Å². The Morgan fingerprint density at radius 3 is 2.48 bits per heavy atom. The normalized spacial score (nSPS) is 11.0. The SMILES string of the molecule is CCCCCCCn1nnc(CO)c1-c1ccc(Cl)cc1. The third-order valence-corrected chi connectivity index (χ3v) is 3.80. The maximum atomic E-state index is 9.45. The molecular formula is C16H22ClN3O. The van der Waals surface area contributed by atoms with Gasteiger partial charge in [-0.15, -0.1) is 5.10 Å². The van der Waals surface area contributed by atoms with Gasteiger partial charge in [0.05, 0.1) is 12.3 Å². The van der Waals surface area contributed by atoms with E-state index in [0.29, 0.717) is 10.7 Å². The zero-order chi connectivity index (χ0) is 15.1. The number of unbranched alkanes of at least 4 members (excludes halogenated alkanes) is 4. The summed E-state index contributed by atoms with van der Waals surface area (Å²) in [6.07, 6.45) is 6.06. The van der Waals surface area contributed by atoms with E-state index in [1.54, 1.807) is 0 Å². The van der Waals surface area contributed by atoms with Gasteiger partial charge in [0, 0.05) is 17.1 Å². The summed E-state index contributed by atoms with van der Waals surface area (Å²) in [6.45, 7) is 2.94. The molecule has 1 N–H and O–H groups in total. The van der Waals surface area contributed by atoms with E-state index in [0.717, 1.165) is 24.2 Å². The fraction of sp³-hybridized carbons (Fsp3) is 0.500. The minimum Gasteiger partial charge on any atom is -0.390 e. The maximum Gasteiger partial charge on any atom is 0.116 e. The lowest BCUT2D eigenvalue weighted by atomic mass is 10.1. The Hall–Kier alpha value is -1.39. The molecule has 0 atom stereocenters. The van der Waals surface area contributed by atoms with Crippen molar-refractivity contribution in [1.82, 2.24) is 15.0 Å². The number of nitrogens with zero attached hydrogens (tertiary/aromatic N) is 3. The van der Waals surface area contributed by atoms with Gasteiger partial charge in [0.2, 0.25) is 0 Å².